The minimum atomic E-state index is -0.281. The minimum absolute atomic E-state index is 0.102. The highest BCUT2D eigenvalue weighted by molar-refractivity contribution is 5.93. The van der Waals surface area contributed by atoms with E-state index in [1.807, 2.05) is 4.90 Å². The molecule has 0 bridgehead atoms. The number of benzene rings is 2. The normalized spacial score (nSPS) is 18.5. The number of carbonyl (C=O) groups excluding carboxylic acids is 1. The highest BCUT2D eigenvalue weighted by Gasteiger charge is 2.31. The van der Waals surface area contributed by atoms with Crippen LogP contribution in [-0.2, 0) is 17.9 Å². The molecule has 8 heteroatoms. The van der Waals surface area contributed by atoms with E-state index in [2.05, 4.69) is 47.3 Å². The Balaban J connectivity index is 1.25. The van der Waals surface area contributed by atoms with Crippen LogP contribution in [-0.4, -0.2) is 52.0 Å². The zero-order chi connectivity index (χ0) is 22.2. The SMILES string of the molecule is Cc1ccc(N2CCN(C(=O)c3nnn4c3CO[C@H](c3ccc(F)cc3)C4)CC2)c(C)c1. The summed E-state index contributed by atoms with van der Waals surface area (Å²) in [4.78, 5) is 17.3. The van der Waals surface area contributed by atoms with E-state index >= 15 is 0 Å². The van der Waals surface area contributed by atoms with Gasteiger partial charge in [0.1, 0.15) is 11.9 Å². The second-order valence-corrected chi connectivity index (χ2v) is 8.49. The summed E-state index contributed by atoms with van der Waals surface area (Å²) >= 11 is 0. The predicted molar refractivity (Wildman–Crippen MR) is 118 cm³/mol. The van der Waals surface area contributed by atoms with Crippen molar-refractivity contribution in [2.75, 3.05) is 31.1 Å². The third-order valence-electron chi connectivity index (χ3n) is 6.30. The Morgan fingerprint density at radius 3 is 2.53 bits per heavy atom. The molecule has 0 N–H and O–H groups in total. The Morgan fingerprint density at radius 1 is 1.06 bits per heavy atom. The average molecular weight is 436 g/mol. The van der Waals surface area contributed by atoms with Gasteiger partial charge in [-0.1, -0.05) is 35.0 Å². The van der Waals surface area contributed by atoms with Crippen LogP contribution in [0, 0.1) is 19.7 Å². The van der Waals surface area contributed by atoms with E-state index in [1.165, 1.54) is 28.9 Å². The summed E-state index contributed by atoms with van der Waals surface area (Å²) in [7, 11) is 0. The van der Waals surface area contributed by atoms with Gasteiger partial charge in [0.05, 0.1) is 18.8 Å². The van der Waals surface area contributed by atoms with E-state index in [1.54, 1.807) is 16.8 Å². The van der Waals surface area contributed by atoms with Gasteiger partial charge in [-0.3, -0.25) is 4.79 Å². The van der Waals surface area contributed by atoms with Crippen LogP contribution in [0.4, 0.5) is 10.1 Å². The number of amides is 1. The molecule has 0 spiro atoms. The standard InChI is InChI=1S/C24H26FN5O2/c1-16-3-8-20(17(2)13-16)28-9-11-29(12-10-28)24(31)23-21-15-32-22(14-30(21)27-26-23)18-4-6-19(25)7-5-18/h3-8,13,22H,9-12,14-15H2,1-2H3/t22-/m0/s1. The molecule has 1 saturated heterocycles. The molecule has 0 aliphatic carbocycles. The van der Waals surface area contributed by atoms with Crippen molar-refractivity contribution in [2.24, 2.45) is 0 Å². The topological polar surface area (TPSA) is 63.5 Å². The molecular formula is C24H26FN5O2. The largest absolute Gasteiger partial charge is 0.368 e. The lowest BCUT2D eigenvalue weighted by atomic mass is 10.1. The second kappa shape index (κ2) is 8.35. The molecule has 2 aromatic carbocycles. The molecule has 2 aliphatic rings. The molecule has 3 aromatic rings. The van der Waals surface area contributed by atoms with Crippen LogP contribution in [0.25, 0.3) is 0 Å². The van der Waals surface area contributed by atoms with Crippen molar-refractivity contribution in [3.63, 3.8) is 0 Å². The molecule has 3 heterocycles. The van der Waals surface area contributed by atoms with Gasteiger partial charge in [0.15, 0.2) is 5.69 Å². The number of nitrogens with zero attached hydrogens (tertiary/aromatic N) is 5. The number of anilines is 1. The van der Waals surface area contributed by atoms with Crippen molar-refractivity contribution < 1.29 is 13.9 Å². The maximum atomic E-state index is 13.2. The van der Waals surface area contributed by atoms with Gasteiger partial charge >= 0.3 is 0 Å². The average Bonchev–Trinajstić information content (AvgIpc) is 3.22. The number of aromatic nitrogens is 3. The molecule has 0 unspecified atom stereocenters. The van der Waals surface area contributed by atoms with E-state index in [9.17, 15) is 9.18 Å². The van der Waals surface area contributed by atoms with Crippen LogP contribution in [0.5, 0.6) is 0 Å². The van der Waals surface area contributed by atoms with Crippen LogP contribution in [0.1, 0.15) is 39.0 Å². The fourth-order valence-corrected chi connectivity index (χ4v) is 4.52. The number of ether oxygens (including phenoxy) is 1. The number of aryl methyl sites for hydroxylation is 2. The smallest absolute Gasteiger partial charge is 0.276 e. The van der Waals surface area contributed by atoms with Gasteiger partial charge < -0.3 is 14.5 Å². The highest BCUT2D eigenvalue weighted by atomic mass is 19.1. The molecule has 32 heavy (non-hydrogen) atoms. The second-order valence-electron chi connectivity index (χ2n) is 8.49. The third kappa shape index (κ3) is 3.86. The molecule has 1 atom stereocenters. The van der Waals surface area contributed by atoms with Crippen molar-refractivity contribution in [3.05, 3.63) is 76.4 Å². The van der Waals surface area contributed by atoms with Gasteiger partial charge in [-0.05, 0) is 43.2 Å². The van der Waals surface area contributed by atoms with Gasteiger partial charge in [-0.2, -0.15) is 0 Å². The Morgan fingerprint density at radius 2 is 1.81 bits per heavy atom. The van der Waals surface area contributed by atoms with E-state index in [-0.39, 0.29) is 24.4 Å². The molecule has 166 valence electrons. The van der Waals surface area contributed by atoms with E-state index in [4.69, 9.17) is 4.74 Å². The first kappa shape index (κ1) is 20.6. The van der Waals surface area contributed by atoms with Crippen molar-refractivity contribution in [3.8, 4) is 0 Å². The van der Waals surface area contributed by atoms with Crippen molar-refractivity contribution >= 4 is 11.6 Å². The molecule has 0 radical (unpaired) electrons. The first-order valence-corrected chi connectivity index (χ1v) is 10.9. The third-order valence-corrected chi connectivity index (χ3v) is 6.30. The van der Waals surface area contributed by atoms with Crippen molar-refractivity contribution in [2.45, 2.75) is 33.1 Å². The number of carbonyl (C=O) groups is 1. The van der Waals surface area contributed by atoms with E-state index < -0.39 is 0 Å². The summed E-state index contributed by atoms with van der Waals surface area (Å²) in [6, 6.07) is 12.7. The molecule has 2 aliphatic heterocycles. The van der Waals surface area contributed by atoms with Crippen LogP contribution in [0.3, 0.4) is 0 Å². The molecule has 1 amide bonds. The Hall–Kier alpha value is -3.26. The summed E-state index contributed by atoms with van der Waals surface area (Å²) in [5, 5.41) is 8.39. The fourth-order valence-electron chi connectivity index (χ4n) is 4.52. The molecule has 1 aromatic heterocycles. The molecule has 0 saturated carbocycles. The van der Waals surface area contributed by atoms with Gasteiger partial charge in [-0.25, -0.2) is 9.07 Å². The fraction of sp³-hybridized carbons (Fsp3) is 0.375. The minimum Gasteiger partial charge on any atom is -0.368 e. The first-order chi connectivity index (χ1) is 15.5. The van der Waals surface area contributed by atoms with Crippen LogP contribution >= 0.6 is 0 Å². The molecule has 7 nitrogen and oxygen atoms in total. The quantitative estimate of drug-likeness (QED) is 0.632. The van der Waals surface area contributed by atoms with Crippen molar-refractivity contribution in [1.29, 1.82) is 0 Å². The molecule has 1 fully saturated rings. The summed E-state index contributed by atoms with van der Waals surface area (Å²) < 4.78 is 20.9. The zero-order valence-corrected chi connectivity index (χ0v) is 18.3. The van der Waals surface area contributed by atoms with Gasteiger partial charge in [0.2, 0.25) is 0 Å². The Kier molecular flexibility index (Phi) is 5.38. The van der Waals surface area contributed by atoms with E-state index in [0.717, 1.165) is 18.7 Å². The Bertz CT molecular complexity index is 1140. The molecule has 5 rings (SSSR count). The van der Waals surface area contributed by atoms with E-state index in [0.29, 0.717) is 31.0 Å². The monoisotopic (exact) mass is 435 g/mol. The number of rotatable bonds is 3. The lowest BCUT2D eigenvalue weighted by molar-refractivity contribution is -0.00199. The number of hydrogen-bond acceptors (Lipinski definition) is 5. The van der Waals surface area contributed by atoms with Crippen LogP contribution in [0.2, 0.25) is 0 Å². The number of hydrogen-bond donors (Lipinski definition) is 0. The highest BCUT2D eigenvalue weighted by Crippen LogP contribution is 2.28. The summed E-state index contributed by atoms with van der Waals surface area (Å²) in [6.07, 6.45) is -0.242. The summed E-state index contributed by atoms with van der Waals surface area (Å²) in [5.41, 5.74) is 5.67. The Labute approximate surface area is 186 Å². The maximum absolute atomic E-state index is 13.2. The zero-order valence-electron chi connectivity index (χ0n) is 18.3. The first-order valence-electron chi connectivity index (χ1n) is 10.9. The lowest BCUT2D eigenvalue weighted by Gasteiger charge is -2.36. The number of piperazine rings is 1. The summed E-state index contributed by atoms with van der Waals surface area (Å²) in [6.45, 7) is 7.75. The van der Waals surface area contributed by atoms with Crippen molar-refractivity contribution in [1.82, 2.24) is 19.9 Å². The van der Waals surface area contributed by atoms with Gasteiger partial charge in [0.25, 0.3) is 5.91 Å². The van der Waals surface area contributed by atoms with Crippen LogP contribution < -0.4 is 4.90 Å². The van der Waals surface area contributed by atoms with Crippen LogP contribution in [0.15, 0.2) is 42.5 Å². The maximum Gasteiger partial charge on any atom is 0.276 e. The summed E-state index contributed by atoms with van der Waals surface area (Å²) in [5.74, 6) is -0.383. The molecular weight excluding hydrogens is 409 g/mol. The van der Waals surface area contributed by atoms with Gasteiger partial charge in [-0.15, -0.1) is 5.10 Å². The van der Waals surface area contributed by atoms with Gasteiger partial charge in [0, 0.05) is 31.9 Å². The predicted octanol–water partition coefficient (Wildman–Crippen LogP) is 3.27. The lowest BCUT2D eigenvalue weighted by Crippen LogP contribution is -2.49. The number of halogens is 1. The number of fused-ring (bicyclic) bond motifs is 1.